The van der Waals surface area contributed by atoms with Crippen molar-refractivity contribution >= 4 is 11.6 Å². The third-order valence-electron chi connectivity index (χ3n) is 4.53. The Balaban J connectivity index is 1.43. The van der Waals surface area contributed by atoms with Crippen LogP contribution in [0.3, 0.4) is 0 Å². The van der Waals surface area contributed by atoms with Crippen molar-refractivity contribution in [3.05, 3.63) is 100 Å². The van der Waals surface area contributed by atoms with Crippen LogP contribution in [0.15, 0.2) is 72.8 Å². The van der Waals surface area contributed by atoms with E-state index in [0.29, 0.717) is 17.3 Å². The number of rotatable bonds is 8. The number of nitrogens with one attached hydrogen (secondary N) is 1. The number of halogens is 1. The summed E-state index contributed by atoms with van der Waals surface area (Å²) in [5.41, 5.74) is 4.51. The first-order chi connectivity index (χ1) is 13.1. The molecule has 0 aliphatic carbocycles. The van der Waals surface area contributed by atoms with Crippen LogP contribution in [0.25, 0.3) is 0 Å². The van der Waals surface area contributed by atoms with Crippen molar-refractivity contribution in [1.29, 1.82) is 0 Å². The van der Waals surface area contributed by atoms with Gasteiger partial charge in [-0.3, -0.25) is 0 Å². The fourth-order valence-electron chi connectivity index (χ4n) is 2.98. The average Bonchev–Trinajstić information content (AvgIpc) is 2.68. The van der Waals surface area contributed by atoms with Gasteiger partial charge in [0.2, 0.25) is 0 Å². The molecule has 0 saturated carbocycles. The van der Waals surface area contributed by atoms with Crippen LogP contribution in [0.2, 0.25) is 5.02 Å². The number of benzene rings is 3. The van der Waals surface area contributed by atoms with Gasteiger partial charge in [0.15, 0.2) is 0 Å². The fraction of sp³-hybridized carbons (Fsp3) is 0.217. The van der Waals surface area contributed by atoms with Gasteiger partial charge < -0.3 is 15.5 Å². The van der Waals surface area contributed by atoms with E-state index >= 15 is 0 Å². The van der Waals surface area contributed by atoms with E-state index in [9.17, 15) is 10.2 Å². The highest BCUT2D eigenvalue weighted by molar-refractivity contribution is 6.30. The van der Waals surface area contributed by atoms with Crippen LogP contribution in [0.4, 0.5) is 0 Å². The Morgan fingerprint density at radius 2 is 1.48 bits per heavy atom. The zero-order valence-electron chi connectivity index (χ0n) is 15.1. The predicted molar refractivity (Wildman–Crippen MR) is 110 cm³/mol. The number of phenolic OH excluding ortho intramolecular Hbond substituents is 1. The second-order valence-electron chi connectivity index (χ2n) is 6.68. The number of hydrogen-bond acceptors (Lipinski definition) is 3. The van der Waals surface area contributed by atoms with Gasteiger partial charge in [-0.25, -0.2) is 0 Å². The Morgan fingerprint density at radius 3 is 2.15 bits per heavy atom. The third kappa shape index (κ3) is 6.10. The van der Waals surface area contributed by atoms with Gasteiger partial charge in [-0.15, -0.1) is 0 Å². The van der Waals surface area contributed by atoms with Crippen LogP contribution in [-0.4, -0.2) is 23.3 Å². The minimum Gasteiger partial charge on any atom is -0.508 e. The van der Waals surface area contributed by atoms with E-state index in [1.54, 1.807) is 24.3 Å². The van der Waals surface area contributed by atoms with Gasteiger partial charge in [0.1, 0.15) is 5.75 Å². The molecule has 3 aromatic rings. The molecule has 3 aromatic carbocycles. The molecular weight excluding hydrogens is 358 g/mol. The molecule has 0 fully saturated rings. The number of aliphatic hydroxyl groups excluding tert-OH is 1. The maximum absolute atomic E-state index is 10.2. The van der Waals surface area contributed by atoms with Crippen LogP contribution in [0, 0.1) is 0 Å². The van der Waals surface area contributed by atoms with Crippen molar-refractivity contribution in [3.8, 4) is 5.75 Å². The standard InChI is InChI=1S/C23H24ClNO2/c24-21-3-1-2-20(15-21)23(27)16-25-13-12-17-4-6-18(7-5-17)14-19-8-10-22(26)11-9-19/h1-11,15,23,25-27H,12-14,16H2/t23-/m1/s1. The van der Waals surface area contributed by atoms with Crippen molar-refractivity contribution in [2.45, 2.75) is 18.9 Å². The van der Waals surface area contributed by atoms with Crippen molar-refractivity contribution in [3.63, 3.8) is 0 Å². The van der Waals surface area contributed by atoms with Crippen molar-refractivity contribution in [1.82, 2.24) is 5.32 Å². The van der Waals surface area contributed by atoms with E-state index in [0.717, 1.165) is 24.9 Å². The Morgan fingerprint density at radius 1 is 0.852 bits per heavy atom. The summed E-state index contributed by atoms with van der Waals surface area (Å²) in [7, 11) is 0. The summed E-state index contributed by atoms with van der Waals surface area (Å²) in [6, 6.07) is 23.2. The van der Waals surface area contributed by atoms with Gasteiger partial charge in [0.25, 0.3) is 0 Å². The first-order valence-electron chi connectivity index (χ1n) is 9.10. The topological polar surface area (TPSA) is 52.5 Å². The molecule has 0 radical (unpaired) electrons. The molecule has 0 spiro atoms. The predicted octanol–water partition coefficient (Wildman–Crippen LogP) is 4.50. The molecule has 1 atom stereocenters. The number of phenols is 1. The lowest BCUT2D eigenvalue weighted by atomic mass is 10.0. The van der Waals surface area contributed by atoms with E-state index in [1.165, 1.54) is 16.7 Å². The minimum atomic E-state index is -0.559. The van der Waals surface area contributed by atoms with Gasteiger partial charge in [0.05, 0.1) is 6.10 Å². The summed E-state index contributed by atoms with van der Waals surface area (Å²) in [4.78, 5) is 0. The van der Waals surface area contributed by atoms with Crippen molar-refractivity contribution in [2.24, 2.45) is 0 Å². The van der Waals surface area contributed by atoms with E-state index in [2.05, 4.69) is 29.6 Å². The Kier molecular flexibility index (Phi) is 6.88. The molecule has 3 rings (SSSR count). The Labute approximate surface area is 165 Å². The third-order valence-corrected chi connectivity index (χ3v) is 4.76. The van der Waals surface area contributed by atoms with Crippen LogP contribution < -0.4 is 5.32 Å². The molecule has 27 heavy (non-hydrogen) atoms. The highest BCUT2D eigenvalue weighted by Crippen LogP contribution is 2.17. The molecular formula is C23H24ClNO2. The molecule has 0 aromatic heterocycles. The molecule has 0 aliphatic rings. The smallest absolute Gasteiger partial charge is 0.115 e. The first-order valence-corrected chi connectivity index (χ1v) is 9.48. The largest absolute Gasteiger partial charge is 0.508 e. The summed E-state index contributed by atoms with van der Waals surface area (Å²) in [6.45, 7) is 1.30. The Bertz CT molecular complexity index is 847. The van der Waals surface area contributed by atoms with Gasteiger partial charge >= 0.3 is 0 Å². The summed E-state index contributed by atoms with van der Waals surface area (Å²) < 4.78 is 0. The molecule has 0 amide bonds. The molecule has 3 nitrogen and oxygen atoms in total. The second-order valence-corrected chi connectivity index (χ2v) is 7.12. The maximum Gasteiger partial charge on any atom is 0.115 e. The highest BCUT2D eigenvalue weighted by atomic mass is 35.5. The van der Waals surface area contributed by atoms with Crippen LogP contribution in [-0.2, 0) is 12.8 Å². The van der Waals surface area contributed by atoms with Gasteiger partial charge in [-0.2, -0.15) is 0 Å². The highest BCUT2D eigenvalue weighted by Gasteiger charge is 2.07. The molecule has 0 aliphatic heterocycles. The molecule has 0 heterocycles. The fourth-order valence-corrected chi connectivity index (χ4v) is 3.18. The first kappa shape index (κ1) is 19.4. The van der Waals surface area contributed by atoms with Crippen molar-refractivity contribution in [2.75, 3.05) is 13.1 Å². The number of hydrogen-bond donors (Lipinski definition) is 3. The van der Waals surface area contributed by atoms with Crippen LogP contribution >= 0.6 is 11.6 Å². The van der Waals surface area contributed by atoms with E-state index in [1.807, 2.05) is 24.3 Å². The average molecular weight is 382 g/mol. The van der Waals surface area contributed by atoms with Crippen molar-refractivity contribution < 1.29 is 10.2 Å². The number of aliphatic hydroxyl groups is 1. The minimum absolute atomic E-state index is 0.294. The maximum atomic E-state index is 10.2. The normalized spacial score (nSPS) is 12.1. The van der Waals surface area contributed by atoms with E-state index in [4.69, 9.17) is 11.6 Å². The lowest BCUT2D eigenvalue weighted by Crippen LogP contribution is -2.23. The summed E-state index contributed by atoms with van der Waals surface area (Å²) in [5, 5.41) is 23.5. The second kappa shape index (κ2) is 9.56. The SMILES string of the molecule is Oc1ccc(Cc2ccc(CCNC[C@@H](O)c3cccc(Cl)c3)cc2)cc1. The molecule has 0 unspecified atom stereocenters. The summed E-state index contributed by atoms with van der Waals surface area (Å²) in [6.07, 6.45) is 1.20. The van der Waals surface area contributed by atoms with Gasteiger partial charge in [-0.05, 0) is 65.9 Å². The van der Waals surface area contributed by atoms with Gasteiger partial charge in [0, 0.05) is 11.6 Å². The van der Waals surface area contributed by atoms with Gasteiger partial charge in [-0.1, -0.05) is 60.1 Å². The molecule has 3 N–H and O–H groups in total. The molecule has 4 heteroatoms. The zero-order chi connectivity index (χ0) is 19.1. The lowest BCUT2D eigenvalue weighted by molar-refractivity contribution is 0.175. The van der Waals surface area contributed by atoms with E-state index < -0.39 is 6.10 Å². The monoisotopic (exact) mass is 381 g/mol. The van der Waals surface area contributed by atoms with Crippen LogP contribution in [0.1, 0.15) is 28.4 Å². The van der Waals surface area contributed by atoms with Crippen LogP contribution in [0.5, 0.6) is 5.75 Å². The van der Waals surface area contributed by atoms with E-state index in [-0.39, 0.29) is 0 Å². The number of aromatic hydroxyl groups is 1. The summed E-state index contributed by atoms with van der Waals surface area (Å²) in [5.74, 6) is 0.294. The molecule has 0 saturated heterocycles. The molecule has 0 bridgehead atoms. The summed E-state index contributed by atoms with van der Waals surface area (Å²) >= 11 is 5.96. The molecule has 140 valence electrons. The Hall–Kier alpha value is -2.33. The lowest BCUT2D eigenvalue weighted by Gasteiger charge is -2.12. The zero-order valence-corrected chi connectivity index (χ0v) is 15.9. The quantitative estimate of drug-likeness (QED) is 0.503.